The Morgan fingerprint density at radius 2 is 1.81 bits per heavy atom. The Hall–Kier alpha value is -1.06. The number of hydrogen-bond donors (Lipinski definition) is 2. The first-order chi connectivity index (χ1) is 10.2. The van der Waals surface area contributed by atoms with Crippen LogP contribution in [0.15, 0.2) is 42.5 Å². The number of nitrogens with one attached hydrogen (secondary N) is 1. The molecular weight excluding hydrogens is 303 g/mol. The molecule has 1 atom stereocenters. The van der Waals surface area contributed by atoms with Gasteiger partial charge in [0.05, 0.1) is 6.04 Å². The highest BCUT2D eigenvalue weighted by Gasteiger charge is 2.26. The molecule has 21 heavy (non-hydrogen) atoms. The third-order valence-corrected chi connectivity index (χ3v) is 4.87. The summed E-state index contributed by atoms with van der Waals surface area (Å²) in [6, 6.07) is 13.8. The molecule has 0 radical (unpaired) electrons. The van der Waals surface area contributed by atoms with Crippen molar-refractivity contribution in [2.45, 2.75) is 31.2 Å². The van der Waals surface area contributed by atoms with Crippen LogP contribution in [-0.4, -0.2) is 0 Å². The predicted molar refractivity (Wildman–Crippen MR) is 88.7 cm³/mol. The van der Waals surface area contributed by atoms with Gasteiger partial charge in [-0.2, -0.15) is 0 Å². The van der Waals surface area contributed by atoms with E-state index in [2.05, 4.69) is 23.6 Å². The molecule has 0 aromatic heterocycles. The van der Waals surface area contributed by atoms with Gasteiger partial charge in [0.15, 0.2) is 0 Å². The average Bonchev–Trinajstić information content (AvgIpc) is 2.43. The molecule has 0 amide bonds. The highest BCUT2D eigenvalue weighted by Crippen LogP contribution is 2.41. The summed E-state index contributed by atoms with van der Waals surface area (Å²) in [6.45, 7) is 0. The lowest BCUT2D eigenvalue weighted by atomic mass is 9.76. The Labute approximate surface area is 135 Å². The van der Waals surface area contributed by atoms with Crippen LogP contribution in [0, 0.1) is 0 Å². The second-order valence-corrected chi connectivity index (χ2v) is 6.37. The summed E-state index contributed by atoms with van der Waals surface area (Å²) in [5.41, 5.74) is 6.37. The molecule has 0 spiro atoms. The minimum Gasteiger partial charge on any atom is -0.271 e. The molecule has 2 nitrogen and oxygen atoms in total. The van der Waals surface area contributed by atoms with Gasteiger partial charge in [0.1, 0.15) is 0 Å². The first-order valence-electron chi connectivity index (χ1n) is 7.20. The van der Waals surface area contributed by atoms with Gasteiger partial charge in [0, 0.05) is 10.0 Å². The Morgan fingerprint density at radius 1 is 1.05 bits per heavy atom. The molecule has 3 N–H and O–H groups in total. The molecule has 1 unspecified atom stereocenters. The standard InChI is InChI=1S/C17H18Cl2N2/c18-12-8-9-16(19)15(10-12)17(21-20)14-7-2-1-6-13(14)11-4-3-5-11/h1-2,6-11,17,21H,3-5,20H2. The SMILES string of the molecule is NNC(c1cc(Cl)ccc1Cl)c1ccccc1C1CCC1. The van der Waals surface area contributed by atoms with Gasteiger partial charge in [0.2, 0.25) is 0 Å². The molecule has 1 fully saturated rings. The number of hydrazine groups is 1. The predicted octanol–water partition coefficient (Wildman–Crippen LogP) is 4.81. The fourth-order valence-electron chi connectivity index (χ4n) is 2.95. The van der Waals surface area contributed by atoms with E-state index in [4.69, 9.17) is 29.0 Å². The first kappa shape index (κ1) is 14.9. The van der Waals surface area contributed by atoms with Gasteiger partial charge in [-0.3, -0.25) is 5.84 Å². The van der Waals surface area contributed by atoms with Crippen molar-refractivity contribution in [3.63, 3.8) is 0 Å². The molecule has 0 aliphatic heterocycles. The van der Waals surface area contributed by atoms with Gasteiger partial charge in [-0.25, -0.2) is 5.43 Å². The summed E-state index contributed by atoms with van der Waals surface area (Å²) in [4.78, 5) is 0. The summed E-state index contributed by atoms with van der Waals surface area (Å²) in [5, 5.41) is 1.33. The quantitative estimate of drug-likeness (QED) is 0.626. The Kier molecular flexibility index (Phi) is 4.51. The zero-order valence-corrected chi connectivity index (χ0v) is 13.2. The van der Waals surface area contributed by atoms with Crippen LogP contribution in [0.4, 0.5) is 0 Å². The van der Waals surface area contributed by atoms with Crippen LogP contribution < -0.4 is 11.3 Å². The molecule has 2 aromatic carbocycles. The number of benzene rings is 2. The van der Waals surface area contributed by atoms with Crippen molar-refractivity contribution in [2.75, 3.05) is 0 Å². The lowest BCUT2D eigenvalue weighted by Crippen LogP contribution is -2.30. The Morgan fingerprint density at radius 3 is 2.48 bits per heavy atom. The highest BCUT2D eigenvalue weighted by atomic mass is 35.5. The normalized spacial score (nSPS) is 16.5. The lowest BCUT2D eigenvalue weighted by molar-refractivity contribution is 0.414. The maximum atomic E-state index is 6.35. The van der Waals surface area contributed by atoms with Crippen molar-refractivity contribution in [3.05, 3.63) is 69.2 Å². The van der Waals surface area contributed by atoms with E-state index < -0.39 is 0 Å². The molecule has 0 bridgehead atoms. The summed E-state index contributed by atoms with van der Waals surface area (Å²) in [6.07, 6.45) is 3.80. The van der Waals surface area contributed by atoms with Crippen molar-refractivity contribution >= 4 is 23.2 Å². The monoisotopic (exact) mass is 320 g/mol. The first-order valence-corrected chi connectivity index (χ1v) is 7.96. The molecule has 0 saturated heterocycles. The topological polar surface area (TPSA) is 38.0 Å². The maximum Gasteiger partial charge on any atom is 0.0727 e. The third-order valence-electron chi connectivity index (χ3n) is 4.29. The highest BCUT2D eigenvalue weighted by molar-refractivity contribution is 6.33. The van der Waals surface area contributed by atoms with Crippen LogP contribution in [0.25, 0.3) is 0 Å². The van der Waals surface area contributed by atoms with Gasteiger partial charge < -0.3 is 0 Å². The molecular formula is C17H18Cl2N2. The second kappa shape index (κ2) is 6.37. The zero-order chi connectivity index (χ0) is 14.8. The molecule has 2 aromatic rings. The number of nitrogens with two attached hydrogens (primary N) is 1. The molecule has 3 rings (SSSR count). The zero-order valence-electron chi connectivity index (χ0n) is 11.7. The Bertz CT molecular complexity index is 638. The molecule has 4 heteroatoms. The van der Waals surface area contributed by atoms with Gasteiger partial charge in [0.25, 0.3) is 0 Å². The van der Waals surface area contributed by atoms with E-state index in [1.165, 1.54) is 30.4 Å². The molecule has 1 aliphatic carbocycles. The molecule has 110 valence electrons. The fraction of sp³-hybridized carbons (Fsp3) is 0.294. The smallest absolute Gasteiger partial charge is 0.0727 e. The fourth-order valence-corrected chi connectivity index (χ4v) is 3.35. The van der Waals surface area contributed by atoms with Crippen molar-refractivity contribution in [2.24, 2.45) is 5.84 Å². The van der Waals surface area contributed by atoms with Crippen LogP contribution in [0.5, 0.6) is 0 Å². The van der Waals surface area contributed by atoms with E-state index >= 15 is 0 Å². The van der Waals surface area contributed by atoms with Crippen LogP contribution >= 0.6 is 23.2 Å². The van der Waals surface area contributed by atoms with Crippen molar-refractivity contribution in [3.8, 4) is 0 Å². The van der Waals surface area contributed by atoms with E-state index in [-0.39, 0.29) is 6.04 Å². The molecule has 1 saturated carbocycles. The summed E-state index contributed by atoms with van der Waals surface area (Å²) < 4.78 is 0. The third kappa shape index (κ3) is 2.95. The molecule has 0 heterocycles. The number of rotatable bonds is 4. The van der Waals surface area contributed by atoms with Gasteiger partial charge >= 0.3 is 0 Å². The summed E-state index contributed by atoms with van der Waals surface area (Å²) in [5.74, 6) is 6.47. The second-order valence-electron chi connectivity index (χ2n) is 5.52. The lowest BCUT2D eigenvalue weighted by Gasteiger charge is -2.30. The average molecular weight is 321 g/mol. The Balaban J connectivity index is 2.06. The van der Waals surface area contributed by atoms with Gasteiger partial charge in [-0.05, 0) is 53.6 Å². The van der Waals surface area contributed by atoms with Crippen LogP contribution in [0.3, 0.4) is 0 Å². The van der Waals surface area contributed by atoms with Crippen LogP contribution in [0.2, 0.25) is 10.0 Å². The summed E-state index contributed by atoms with van der Waals surface area (Å²) >= 11 is 12.5. The van der Waals surface area contributed by atoms with E-state index in [1.54, 1.807) is 6.07 Å². The minimum absolute atomic E-state index is 0.145. The van der Waals surface area contributed by atoms with Crippen molar-refractivity contribution in [1.82, 2.24) is 5.43 Å². The van der Waals surface area contributed by atoms with E-state index in [0.29, 0.717) is 16.0 Å². The summed E-state index contributed by atoms with van der Waals surface area (Å²) in [7, 11) is 0. The van der Waals surface area contributed by atoms with Crippen LogP contribution in [-0.2, 0) is 0 Å². The van der Waals surface area contributed by atoms with Gasteiger partial charge in [-0.15, -0.1) is 0 Å². The number of hydrogen-bond acceptors (Lipinski definition) is 2. The number of halogens is 2. The minimum atomic E-state index is -0.145. The largest absolute Gasteiger partial charge is 0.271 e. The van der Waals surface area contributed by atoms with Crippen LogP contribution in [0.1, 0.15) is 47.9 Å². The molecule has 1 aliphatic rings. The van der Waals surface area contributed by atoms with Gasteiger partial charge in [-0.1, -0.05) is 53.9 Å². The van der Waals surface area contributed by atoms with E-state index in [9.17, 15) is 0 Å². The van der Waals surface area contributed by atoms with E-state index in [1.807, 2.05) is 18.2 Å². The van der Waals surface area contributed by atoms with Crippen molar-refractivity contribution in [1.29, 1.82) is 0 Å². The van der Waals surface area contributed by atoms with E-state index in [0.717, 1.165) is 5.56 Å². The maximum absolute atomic E-state index is 6.35. The van der Waals surface area contributed by atoms with Crippen molar-refractivity contribution < 1.29 is 0 Å².